The summed E-state index contributed by atoms with van der Waals surface area (Å²) in [5.74, 6) is 0.0754. The summed E-state index contributed by atoms with van der Waals surface area (Å²) in [5, 5.41) is 9.80. The summed E-state index contributed by atoms with van der Waals surface area (Å²) in [7, 11) is 0. The second kappa shape index (κ2) is 6.22. The van der Waals surface area contributed by atoms with E-state index in [1.54, 1.807) is 0 Å². The molecule has 0 bridgehead atoms. The number of hydrogen-bond donors (Lipinski definition) is 1. The third-order valence-corrected chi connectivity index (χ3v) is 3.70. The van der Waals surface area contributed by atoms with Crippen LogP contribution in [0.4, 0.5) is 13.2 Å². The van der Waals surface area contributed by atoms with Gasteiger partial charge in [-0.05, 0) is 53.4 Å². The molecule has 0 aliphatic heterocycles. The largest absolute Gasteiger partial charge is 0.573 e. The lowest BCUT2D eigenvalue weighted by Crippen LogP contribution is -2.34. The molecule has 0 aromatic heterocycles. The Hall–Kier alpha value is -0.950. The quantitative estimate of drug-likeness (QED) is 0.890. The lowest BCUT2D eigenvalue weighted by molar-refractivity contribution is -0.274. The van der Waals surface area contributed by atoms with Gasteiger partial charge in [-0.2, -0.15) is 0 Å². The van der Waals surface area contributed by atoms with E-state index >= 15 is 0 Å². The van der Waals surface area contributed by atoms with Crippen molar-refractivity contribution in [1.29, 1.82) is 0 Å². The SMILES string of the molecule is O[C@@H]1CCCC[C@H]1Oc1ccc(OC(F)(F)F)c(Br)c1. The summed E-state index contributed by atoms with van der Waals surface area (Å²) in [6, 6.07) is 3.98. The minimum absolute atomic E-state index is 0.151. The topological polar surface area (TPSA) is 38.7 Å². The first-order chi connectivity index (χ1) is 9.35. The molecule has 2 atom stereocenters. The van der Waals surface area contributed by atoms with Crippen molar-refractivity contribution in [3.8, 4) is 11.5 Å². The molecule has 0 radical (unpaired) electrons. The highest BCUT2D eigenvalue weighted by atomic mass is 79.9. The first-order valence-corrected chi connectivity index (χ1v) is 7.04. The number of alkyl halides is 3. The van der Waals surface area contributed by atoms with Crippen molar-refractivity contribution in [3.63, 3.8) is 0 Å². The van der Waals surface area contributed by atoms with E-state index in [0.29, 0.717) is 12.2 Å². The molecule has 1 aromatic rings. The number of ether oxygens (including phenoxy) is 2. The van der Waals surface area contributed by atoms with Crippen LogP contribution in [0.2, 0.25) is 0 Å². The van der Waals surface area contributed by atoms with Crippen molar-refractivity contribution in [2.75, 3.05) is 0 Å². The van der Waals surface area contributed by atoms with Gasteiger partial charge in [-0.3, -0.25) is 0 Å². The van der Waals surface area contributed by atoms with E-state index in [0.717, 1.165) is 19.3 Å². The first-order valence-electron chi connectivity index (χ1n) is 6.25. The Labute approximate surface area is 122 Å². The average molecular weight is 355 g/mol. The van der Waals surface area contributed by atoms with Crippen LogP contribution in [0.25, 0.3) is 0 Å². The van der Waals surface area contributed by atoms with Crippen molar-refractivity contribution in [3.05, 3.63) is 22.7 Å². The number of benzene rings is 1. The van der Waals surface area contributed by atoms with Gasteiger partial charge in [0.15, 0.2) is 0 Å². The third-order valence-electron chi connectivity index (χ3n) is 3.08. The van der Waals surface area contributed by atoms with Gasteiger partial charge >= 0.3 is 6.36 Å². The predicted octanol–water partition coefficient (Wildman–Crippen LogP) is 4.03. The van der Waals surface area contributed by atoms with Crippen LogP contribution < -0.4 is 9.47 Å². The zero-order chi connectivity index (χ0) is 14.8. The zero-order valence-electron chi connectivity index (χ0n) is 10.5. The highest BCUT2D eigenvalue weighted by Gasteiger charge is 2.32. The number of aliphatic hydroxyl groups is 1. The molecule has 1 N–H and O–H groups in total. The van der Waals surface area contributed by atoms with Crippen molar-refractivity contribution in [1.82, 2.24) is 0 Å². The van der Waals surface area contributed by atoms with Crippen LogP contribution in [0, 0.1) is 0 Å². The normalized spacial score (nSPS) is 23.4. The van der Waals surface area contributed by atoms with E-state index in [4.69, 9.17) is 4.74 Å². The average Bonchev–Trinajstić information content (AvgIpc) is 2.34. The Morgan fingerprint density at radius 3 is 2.50 bits per heavy atom. The molecule has 0 spiro atoms. The van der Waals surface area contributed by atoms with Gasteiger partial charge in [-0.1, -0.05) is 6.42 Å². The fourth-order valence-corrected chi connectivity index (χ4v) is 2.59. The highest BCUT2D eigenvalue weighted by molar-refractivity contribution is 9.10. The third kappa shape index (κ3) is 4.28. The Bertz CT molecular complexity index is 465. The van der Waals surface area contributed by atoms with E-state index in [1.165, 1.54) is 18.2 Å². The lowest BCUT2D eigenvalue weighted by Gasteiger charge is -2.28. The molecule has 7 heteroatoms. The minimum atomic E-state index is -4.73. The van der Waals surface area contributed by atoms with Crippen LogP contribution in [-0.2, 0) is 0 Å². The fourth-order valence-electron chi connectivity index (χ4n) is 2.15. The number of halogens is 4. The first kappa shape index (κ1) is 15.4. The molecule has 1 fully saturated rings. The minimum Gasteiger partial charge on any atom is -0.488 e. The van der Waals surface area contributed by atoms with Crippen LogP contribution in [0.5, 0.6) is 11.5 Å². The van der Waals surface area contributed by atoms with Gasteiger partial charge in [0.1, 0.15) is 17.6 Å². The molecule has 3 nitrogen and oxygen atoms in total. The van der Waals surface area contributed by atoms with Crippen LogP contribution in [0.15, 0.2) is 22.7 Å². The summed E-state index contributed by atoms with van der Waals surface area (Å²) in [6.07, 6.45) is -2.23. The molecule has 0 saturated heterocycles. The van der Waals surface area contributed by atoms with Crippen molar-refractivity contribution >= 4 is 15.9 Å². The summed E-state index contributed by atoms with van der Waals surface area (Å²) in [5.41, 5.74) is 0. The molecule has 1 saturated carbocycles. The summed E-state index contributed by atoms with van der Waals surface area (Å²) in [4.78, 5) is 0. The monoisotopic (exact) mass is 354 g/mol. The maximum atomic E-state index is 12.1. The van der Waals surface area contributed by atoms with Gasteiger partial charge in [-0.15, -0.1) is 13.2 Å². The van der Waals surface area contributed by atoms with Gasteiger partial charge in [0.25, 0.3) is 0 Å². The number of hydrogen-bond acceptors (Lipinski definition) is 3. The van der Waals surface area contributed by atoms with E-state index in [-0.39, 0.29) is 16.3 Å². The maximum absolute atomic E-state index is 12.1. The van der Waals surface area contributed by atoms with Crippen molar-refractivity contribution < 1.29 is 27.8 Å². The Balaban J connectivity index is 2.05. The van der Waals surface area contributed by atoms with Crippen LogP contribution in [0.3, 0.4) is 0 Å². The molecule has 20 heavy (non-hydrogen) atoms. The lowest BCUT2D eigenvalue weighted by atomic mass is 9.95. The Morgan fingerprint density at radius 2 is 1.90 bits per heavy atom. The van der Waals surface area contributed by atoms with Crippen molar-refractivity contribution in [2.45, 2.75) is 44.3 Å². The van der Waals surface area contributed by atoms with Gasteiger partial charge in [0.2, 0.25) is 0 Å². The molecule has 0 heterocycles. The molecule has 2 rings (SSSR count). The van der Waals surface area contributed by atoms with E-state index in [9.17, 15) is 18.3 Å². The van der Waals surface area contributed by atoms with E-state index in [2.05, 4.69) is 20.7 Å². The number of rotatable bonds is 3. The summed E-state index contributed by atoms with van der Waals surface area (Å²) in [6.45, 7) is 0. The molecule has 1 aliphatic carbocycles. The van der Waals surface area contributed by atoms with Crippen LogP contribution in [0.1, 0.15) is 25.7 Å². The van der Waals surface area contributed by atoms with Gasteiger partial charge in [0, 0.05) is 0 Å². The summed E-state index contributed by atoms with van der Waals surface area (Å²) < 4.78 is 46.0. The molecule has 1 aromatic carbocycles. The second-order valence-electron chi connectivity index (χ2n) is 4.65. The maximum Gasteiger partial charge on any atom is 0.573 e. The molecule has 0 amide bonds. The second-order valence-corrected chi connectivity index (χ2v) is 5.50. The van der Waals surface area contributed by atoms with E-state index in [1.807, 2.05) is 0 Å². The Kier molecular flexibility index (Phi) is 4.80. The number of aliphatic hydroxyl groups excluding tert-OH is 1. The van der Waals surface area contributed by atoms with Crippen molar-refractivity contribution in [2.24, 2.45) is 0 Å². The molecular weight excluding hydrogens is 341 g/mol. The van der Waals surface area contributed by atoms with Gasteiger partial charge in [-0.25, -0.2) is 0 Å². The summed E-state index contributed by atoms with van der Waals surface area (Å²) >= 11 is 3.01. The van der Waals surface area contributed by atoms with E-state index < -0.39 is 12.5 Å². The smallest absolute Gasteiger partial charge is 0.488 e. The van der Waals surface area contributed by atoms with Crippen LogP contribution in [-0.4, -0.2) is 23.7 Å². The zero-order valence-corrected chi connectivity index (χ0v) is 12.1. The van der Waals surface area contributed by atoms with Gasteiger partial charge in [0.05, 0.1) is 10.6 Å². The molecule has 1 aliphatic rings. The standard InChI is InChI=1S/C13H14BrF3O3/c14-9-7-8(5-6-11(9)20-13(15,16)17)19-12-4-2-1-3-10(12)18/h5-7,10,12,18H,1-4H2/t10-,12-/m1/s1. The fraction of sp³-hybridized carbons (Fsp3) is 0.538. The predicted molar refractivity (Wildman–Crippen MR) is 69.7 cm³/mol. The molecule has 112 valence electrons. The molecular formula is C13H14BrF3O3. The highest BCUT2D eigenvalue weighted by Crippen LogP contribution is 2.34. The Morgan fingerprint density at radius 1 is 1.20 bits per heavy atom. The van der Waals surface area contributed by atoms with Crippen LogP contribution >= 0.6 is 15.9 Å². The van der Waals surface area contributed by atoms with Gasteiger partial charge < -0.3 is 14.6 Å². The molecule has 0 unspecified atom stereocenters.